The van der Waals surface area contributed by atoms with Crippen LogP contribution in [0.4, 0.5) is 5.69 Å². The highest BCUT2D eigenvalue weighted by molar-refractivity contribution is 14.0. The highest BCUT2D eigenvalue weighted by atomic mass is 127. The first-order valence-electron chi connectivity index (χ1n) is 10.3. The third-order valence-corrected chi connectivity index (χ3v) is 5.15. The van der Waals surface area contributed by atoms with Gasteiger partial charge in [-0.1, -0.05) is 6.07 Å². The molecule has 1 aliphatic heterocycles. The van der Waals surface area contributed by atoms with Crippen LogP contribution in [0.25, 0.3) is 5.82 Å². The van der Waals surface area contributed by atoms with Crippen LogP contribution in [0.3, 0.4) is 0 Å². The topological polar surface area (TPSA) is 96.5 Å². The molecule has 0 unspecified atom stereocenters. The van der Waals surface area contributed by atoms with Crippen LogP contribution in [0.1, 0.15) is 18.3 Å². The van der Waals surface area contributed by atoms with Gasteiger partial charge in [0.05, 0.1) is 18.4 Å². The summed E-state index contributed by atoms with van der Waals surface area (Å²) < 4.78 is 3.64. The number of nitrogens with one attached hydrogen (secondary N) is 1. The number of amides is 1. The van der Waals surface area contributed by atoms with Crippen molar-refractivity contribution in [2.45, 2.75) is 20.4 Å². The molecule has 0 aliphatic carbocycles. The molecule has 1 aliphatic rings. The molecule has 11 heteroatoms. The first kappa shape index (κ1) is 23.7. The van der Waals surface area contributed by atoms with Gasteiger partial charge in [0.1, 0.15) is 18.2 Å². The van der Waals surface area contributed by atoms with E-state index in [-0.39, 0.29) is 36.4 Å². The zero-order valence-electron chi connectivity index (χ0n) is 18.5. The van der Waals surface area contributed by atoms with Gasteiger partial charge in [-0.25, -0.2) is 15.0 Å². The van der Waals surface area contributed by atoms with Gasteiger partial charge < -0.3 is 15.1 Å². The Bertz CT molecular complexity index is 1070. The summed E-state index contributed by atoms with van der Waals surface area (Å²) >= 11 is 0. The minimum atomic E-state index is 0. The van der Waals surface area contributed by atoms with Crippen molar-refractivity contribution in [2.75, 3.05) is 31.1 Å². The van der Waals surface area contributed by atoms with Crippen LogP contribution < -0.4 is 10.2 Å². The Kier molecular flexibility index (Phi) is 7.83. The molecule has 4 heterocycles. The monoisotopic (exact) mass is 549 g/mol. The lowest BCUT2D eigenvalue weighted by atomic mass is 10.2. The average molecular weight is 549 g/mol. The van der Waals surface area contributed by atoms with Crippen molar-refractivity contribution in [3.8, 4) is 5.82 Å². The fraction of sp³-hybridized carbons (Fsp3) is 0.381. The maximum atomic E-state index is 12.7. The molecule has 0 atom stereocenters. The lowest BCUT2D eigenvalue weighted by Crippen LogP contribution is -2.55. The molecule has 3 aromatic rings. The van der Waals surface area contributed by atoms with E-state index in [2.05, 4.69) is 20.4 Å². The fourth-order valence-electron chi connectivity index (χ4n) is 3.54. The van der Waals surface area contributed by atoms with Crippen LogP contribution in [-0.4, -0.2) is 67.3 Å². The summed E-state index contributed by atoms with van der Waals surface area (Å²) in [6, 6.07) is 3.98. The van der Waals surface area contributed by atoms with Crippen LogP contribution in [0, 0.1) is 6.92 Å². The van der Waals surface area contributed by atoms with Crippen molar-refractivity contribution in [2.24, 2.45) is 12.0 Å². The Labute approximate surface area is 204 Å². The molecule has 1 saturated heterocycles. The number of piperazine rings is 1. The normalized spacial score (nSPS) is 14.5. The SMILES string of the molecule is CCNC(=NCc1ccc(-n2ccnc2C)nc1)N1CCN(c2cnn(C)c2)C(=O)C1.I. The number of anilines is 1. The molecule has 1 N–H and O–H groups in total. The number of nitrogens with zero attached hydrogens (tertiary/aromatic N) is 8. The van der Waals surface area contributed by atoms with Crippen molar-refractivity contribution in [3.05, 3.63) is 54.5 Å². The van der Waals surface area contributed by atoms with E-state index in [9.17, 15) is 4.79 Å². The minimum absolute atomic E-state index is 0. The van der Waals surface area contributed by atoms with Crippen molar-refractivity contribution < 1.29 is 4.79 Å². The molecular weight excluding hydrogens is 521 g/mol. The lowest BCUT2D eigenvalue weighted by Gasteiger charge is -2.35. The second kappa shape index (κ2) is 10.6. The van der Waals surface area contributed by atoms with E-state index in [0.717, 1.165) is 35.4 Å². The number of imidazole rings is 1. The summed E-state index contributed by atoms with van der Waals surface area (Å²) in [5.74, 6) is 2.48. The maximum absolute atomic E-state index is 12.7. The van der Waals surface area contributed by atoms with Crippen LogP contribution in [0.5, 0.6) is 0 Å². The van der Waals surface area contributed by atoms with Crippen LogP contribution in [0.2, 0.25) is 0 Å². The quantitative estimate of drug-likeness (QED) is 0.296. The Morgan fingerprint density at radius 2 is 2.06 bits per heavy atom. The molecule has 1 fully saturated rings. The number of rotatable bonds is 5. The van der Waals surface area contributed by atoms with Crippen LogP contribution >= 0.6 is 24.0 Å². The van der Waals surface area contributed by atoms with E-state index < -0.39 is 0 Å². The van der Waals surface area contributed by atoms with Crippen molar-refractivity contribution in [1.82, 2.24) is 34.5 Å². The van der Waals surface area contributed by atoms with Crippen molar-refractivity contribution in [3.63, 3.8) is 0 Å². The van der Waals surface area contributed by atoms with E-state index in [4.69, 9.17) is 4.99 Å². The van der Waals surface area contributed by atoms with Gasteiger partial charge in [-0.3, -0.25) is 14.0 Å². The van der Waals surface area contributed by atoms with E-state index in [1.807, 2.05) is 61.1 Å². The molecule has 32 heavy (non-hydrogen) atoms. The van der Waals surface area contributed by atoms with Gasteiger partial charge in [0.2, 0.25) is 5.91 Å². The Balaban J connectivity index is 0.00000289. The number of carbonyl (C=O) groups is 1. The number of guanidine groups is 1. The van der Waals surface area contributed by atoms with Crippen LogP contribution in [0.15, 0.2) is 48.1 Å². The highest BCUT2D eigenvalue weighted by Crippen LogP contribution is 2.16. The highest BCUT2D eigenvalue weighted by Gasteiger charge is 2.27. The molecule has 1 amide bonds. The second-order valence-electron chi connectivity index (χ2n) is 7.38. The zero-order chi connectivity index (χ0) is 21.8. The summed E-state index contributed by atoms with van der Waals surface area (Å²) in [5.41, 5.74) is 1.82. The third-order valence-electron chi connectivity index (χ3n) is 5.15. The van der Waals surface area contributed by atoms with Gasteiger partial charge in [-0.05, 0) is 25.5 Å². The molecule has 10 nitrogen and oxygen atoms in total. The molecule has 0 radical (unpaired) electrons. The van der Waals surface area contributed by atoms with Gasteiger partial charge in [-0.2, -0.15) is 5.10 Å². The number of aliphatic imine (C=N–C) groups is 1. The molecule has 170 valence electrons. The number of carbonyl (C=O) groups excluding carboxylic acids is 1. The van der Waals surface area contributed by atoms with E-state index in [0.29, 0.717) is 19.6 Å². The number of hydrogen-bond acceptors (Lipinski definition) is 5. The number of aryl methyl sites for hydroxylation is 2. The number of hydrogen-bond donors (Lipinski definition) is 1. The smallest absolute Gasteiger partial charge is 0.246 e. The first-order valence-corrected chi connectivity index (χ1v) is 10.3. The van der Waals surface area contributed by atoms with E-state index in [1.165, 1.54) is 0 Å². The van der Waals surface area contributed by atoms with Crippen LogP contribution in [-0.2, 0) is 18.4 Å². The summed E-state index contributed by atoms with van der Waals surface area (Å²) in [6.07, 6.45) is 9.05. The summed E-state index contributed by atoms with van der Waals surface area (Å²) in [4.78, 5) is 30.0. The Hall–Kier alpha value is -2.96. The second-order valence-corrected chi connectivity index (χ2v) is 7.38. The number of pyridine rings is 1. The maximum Gasteiger partial charge on any atom is 0.246 e. The Morgan fingerprint density at radius 1 is 1.22 bits per heavy atom. The first-order chi connectivity index (χ1) is 15.0. The van der Waals surface area contributed by atoms with E-state index in [1.54, 1.807) is 22.0 Å². The molecule has 0 spiro atoms. The molecular formula is C21H28IN9O. The van der Waals surface area contributed by atoms with Crippen molar-refractivity contribution >= 4 is 41.5 Å². The van der Waals surface area contributed by atoms with Gasteiger partial charge in [0, 0.05) is 51.5 Å². The zero-order valence-corrected chi connectivity index (χ0v) is 20.8. The molecule has 0 bridgehead atoms. The van der Waals surface area contributed by atoms with Gasteiger partial charge in [-0.15, -0.1) is 24.0 Å². The molecule has 3 aromatic heterocycles. The van der Waals surface area contributed by atoms with Gasteiger partial charge in [0.25, 0.3) is 0 Å². The largest absolute Gasteiger partial charge is 0.356 e. The lowest BCUT2D eigenvalue weighted by molar-refractivity contribution is -0.120. The predicted molar refractivity (Wildman–Crippen MR) is 133 cm³/mol. The summed E-state index contributed by atoms with van der Waals surface area (Å²) in [6.45, 7) is 6.74. The van der Waals surface area contributed by atoms with Gasteiger partial charge in [0.15, 0.2) is 5.96 Å². The predicted octanol–water partition coefficient (Wildman–Crippen LogP) is 1.74. The minimum Gasteiger partial charge on any atom is -0.356 e. The molecule has 0 aromatic carbocycles. The molecule has 4 rings (SSSR count). The Morgan fingerprint density at radius 3 is 2.66 bits per heavy atom. The summed E-state index contributed by atoms with van der Waals surface area (Å²) in [7, 11) is 1.85. The third kappa shape index (κ3) is 5.26. The van der Waals surface area contributed by atoms with Crippen molar-refractivity contribution in [1.29, 1.82) is 0 Å². The number of aromatic nitrogens is 5. The van der Waals surface area contributed by atoms with E-state index >= 15 is 0 Å². The summed E-state index contributed by atoms with van der Waals surface area (Å²) in [5, 5.41) is 7.46. The van der Waals surface area contributed by atoms with Gasteiger partial charge >= 0.3 is 0 Å². The standard InChI is InChI=1S/C21H27N9O.HI/c1-4-22-21(28-9-10-30(20(31)15-28)18-13-26-27(3)14-18)25-12-17-5-6-19(24-11-17)29-8-7-23-16(29)2;/h5-8,11,13-14H,4,9-10,12,15H2,1-3H3,(H,22,25);1H. The fourth-order valence-corrected chi connectivity index (χ4v) is 3.54. The molecule has 0 saturated carbocycles. The number of halogens is 1. The average Bonchev–Trinajstić information content (AvgIpc) is 3.39.